The first kappa shape index (κ1) is 17.3. The molecule has 134 valence electrons. The van der Waals surface area contributed by atoms with E-state index in [9.17, 15) is 14.4 Å². The molecule has 0 radical (unpaired) electrons. The minimum absolute atomic E-state index is 0.0641. The summed E-state index contributed by atoms with van der Waals surface area (Å²) in [7, 11) is 0. The van der Waals surface area contributed by atoms with Crippen molar-refractivity contribution in [1.82, 2.24) is 15.5 Å². The number of hydrogen-bond donors (Lipinski definition) is 2. The van der Waals surface area contributed by atoms with Crippen molar-refractivity contribution in [3.63, 3.8) is 0 Å². The van der Waals surface area contributed by atoms with Crippen molar-refractivity contribution in [2.75, 3.05) is 26.2 Å². The molecule has 3 amide bonds. The van der Waals surface area contributed by atoms with E-state index in [0.717, 1.165) is 12.8 Å². The lowest BCUT2D eigenvalue weighted by molar-refractivity contribution is -0.129. The summed E-state index contributed by atoms with van der Waals surface area (Å²) in [6.45, 7) is 1.12. The minimum atomic E-state index is -0.273. The molecule has 0 spiro atoms. The van der Waals surface area contributed by atoms with Crippen LogP contribution in [0.4, 0.5) is 0 Å². The van der Waals surface area contributed by atoms with Gasteiger partial charge < -0.3 is 20.3 Å². The highest BCUT2D eigenvalue weighted by molar-refractivity contribution is 5.89. The van der Waals surface area contributed by atoms with Crippen LogP contribution in [0.2, 0.25) is 0 Å². The highest BCUT2D eigenvalue weighted by atomic mass is 16.5. The van der Waals surface area contributed by atoms with Crippen LogP contribution in [0.15, 0.2) is 30.3 Å². The standard InChI is InChI=1S/C18H23N3O4/c22-16(12-25-15-4-2-1-3-5-15)19-8-9-20-18(24)13-10-17(23)21(11-13)14-6-7-14/h1-5,13-14H,6-12H2,(H,19,22)(H,20,24)/t13-/m1/s1. The van der Waals surface area contributed by atoms with Crippen LogP contribution in [-0.2, 0) is 14.4 Å². The summed E-state index contributed by atoms with van der Waals surface area (Å²) in [6, 6.07) is 9.45. The van der Waals surface area contributed by atoms with Crippen LogP contribution in [0, 0.1) is 5.92 Å². The summed E-state index contributed by atoms with van der Waals surface area (Å²) in [6.07, 6.45) is 2.40. The van der Waals surface area contributed by atoms with Crippen LogP contribution in [-0.4, -0.2) is 54.9 Å². The van der Waals surface area contributed by atoms with E-state index in [1.54, 1.807) is 12.1 Å². The summed E-state index contributed by atoms with van der Waals surface area (Å²) < 4.78 is 5.34. The highest BCUT2D eigenvalue weighted by Crippen LogP contribution is 2.32. The lowest BCUT2D eigenvalue weighted by Crippen LogP contribution is -2.39. The van der Waals surface area contributed by atoms with Crippen molar-refractivity contribution in [3.05, 3.63) is 30.3 Å². The van der Waals surface area contributed by atoms with Gasteiger partial charge in [0.05, 0.1) is 5.92 Å². The molecule has 2 aliphatic rings. The summed E-state index contributed by atoms with van der Waals surface area (Å²) in [5, 5.41) is 5.47. The lowest BCUT2D eigenvalue weighted by Gasteiger charge is -2.15. The van der Waals surface area contributed by atoms with E-state index >= 15 is 0 Å². The Morgan fingerprint density at radius 2 is 1.84 bits per heavy atom. The quantitative estimate of drug-likeness (QED) is 0.664. The van der Waals surface area contributed by atoms with Crippen molar-refractivity contribution >= 4 is 17.7 Å². The zero-order valence-corrected chi connectivity index (χ0v) is 14.1. The molecule has 1 saturated heterocycles. The van der Waals surface area contributed by atoms with Crippen LogP contribution < -0.4 is 15.4 Å². The van der Waals surface area contributed by atoms with Gasteiger partial charge in [0.15, 0.2) is 6.61 Å². The van der Waals surface area contributed by atoms with E-state index in [1.165, 1.54) is 0 Å². The monoisotopic (exact) mass is 345 g/mol. The fourth-order valence-corrected chi connectivity index (χ4v) is 2.89. The number of nitrogens with one attached hydrogen (secondary N) is 2. The molecule has 1 aromatic carbocycles. The van der Waals surface area contributed by atoms with E-state index in [1.807, 2.05) is 23.1 Å². The largest absolute Gasteiger partial charge is 0.484 e. The van der Waals surface area contributed by atoms with Crippen molar-refractivity contribution in [2.45, 2.75) is 25.3 Å². The second-order valence-electron chi connectivity index (χ2n) is 6.42. The smallest absolute Gasteiger partial charge is 0.258 e. The number of carbonyl (C=O) groups excluding carboxylic acids is 3. The number of para-hydroxylation sites is 1. The Balaban J connectivity index is 1.28. The second-order valence-corrected chi connectivity index (χ2v) is 6.42. The molecule has 25 heavy (non-hydrogen) atoms. The van der Waals surface area contributed by atoms with Gasteiger partial charge in [-0.25, -0.2) is 0 Å². The van der Waals surface area contributed by atoms with E-state index < -0.39 is 0 Å². The maximum Gasteiger partial charge on any atom is 0.258 e. The molecule has 1 atom stereocenters. The molecule has 0 unspecified atom stereocenters. The Labute approximate surface area is 146 Å². The molecule has 1 heterocycles. The van der Waals surface area contributed by atoms with Crippen LogP contribution in [0.5, 0.6) is 5.75 Å². The normalized spacial score (nSPS) is 19.6. The third kappa shape index (κ3) is 4.95. The third-order valence-electron chi connectivity index (χ3n) is 4.38. The van der Waals surface area contributed by atoms with Gasteiger partial charge in [-0.2, -0.15) is 0 Å². The molecule has 3 rings (SSSR count). The minimum Gasteiger partial charge on any atom is -0.484 e. The Morgan fingerprint density at radius 1 is 1.12 bits per heavy atom. The summed E-state index contributed by atoms with van der Waals surface area (Å²) in [5.74, 6) is 0.0802. The molecule has 0 bridgehead atoms. The maximum absolute atomic E-state index is 12.1. The van der Waals surface area contributed by atoms with Crippen molar-refractivity contribution in [1.29, 1.82) is 0 Å². The number of ether oxygens (including phenoxy) is 1. The van der Waals surface area contributed by atoms with Gasteiger partial charge in [0.1, 0.15) is 5.75 Å². The fraction of sp³-hybridized carbons (Fsp3) is 0.500. The molecular formula is C18H23N3O4. The van der Waals surface area contributed by atoms with E-state index in [0.29, 0.717) is 37.8 Å². The van der Waals surface area contributed by atoms with Gasteiger partial charge in [-0.05, 0) is 25.0 Å². The van der Waals surface area contributed by atoms with E-state index in [2.05, 4.69) is 10.6 Å². The second kappa shape index (κ2) is 8.00. The van der Waals surface area contributed by atoms with E-state index in [4.69, 9.17) is 4.74 Å². The van der Waals surface area contributed by atoms with Gasteiger partial charge in [0, 0.05) is 32.1 Å². The number of amides is 3. The predicted molar refractivity (Wildman–Crippen MR) is 90.8 cm³/mol. The molecule has 7 nitrogen and oxygen atoms in total. The van der Waals surface area contributed by atoms with Crippen LogP contribution in [0.25, 0.3) is 0 Å². The molecule has 2 N–H and O–H groups in total. The van der Waals surface area contributed by atoms with Crippen LogP contribution in [0.3, 0.4) is 0 Å². The molecule has 1 aliphatic carbocycles. The summed E-state index contributed by atoms with van der Waals surface area (Å²) >= 11 is 0. The van der Waals surface area contributed by atoms with Crippen LogP contribution in [0.1, 0.15) is 19.3 Å². The average molecular weight is 345 g/mol. The van der Waals surface area contributed by atoms with Crippen molar-refractivity contribution in [3.8, 4) is 5.75 Å². The first-order chi connectivity index (χ1) is 12.1. The highest BCUT2D eigenvalue weighted by Gasteiger charge is 2.41. The van der Waals surface area contributed by atoms with Gasteiger partial charge in [-0.3, -0.25) is 14.4 Å². The molecule has 0 aromatic heterocycles. The number of carbonyl (C=O) groups is 3. The first-order valence-electron chi connectivity index (χ1n) is 8.65. The van der Waals surface area contributed by atoms with Crippen LogP contribution >= 0.6 is 0 Å². The van der Waals surface area contributed by atoms with Gasteiger partial charge in [0.25, 0.3) is 5.91 Å². The average Bonchev–Trinajstić information content (AvgIpc) is 3.39. The third-order valence-corrected chi connectivity index (χ3v) is 4.38. The van der Waals surface area contributed by atoms with Crippen molar-refractivity contribution in [2.24, 2.45) is 5.92 Å². The molecule has 1 aliphatic heterocycles. The van der Waals surface area contributed by atoms with Gasteiger partial charge in [-0.1, -0.05) is 18.2 Å². The van der Waals surface area contributed by atoms with Crippen molar-refractivity contribution < 1.29 is 19.1 Å². The Bertz CT molecular complexity index is 630. The molecule has 1 aromatic rings. The number of benzene rings is 1. The number of hydrogen-bond acceptors (Lipinski definition) is 4. The van der Waals surface area contributed by atoms with Gasteiger partial charge in [0.2, 0.25) is 11.8 Å². The Hall–Kier alpha value is -2.57. The zero-order valence-electron chi connectivity index (χ0n) is 14.1. The van der Waals surface area contributed by atoms with E-state index in [-0.39, 0.29) is 30.2 Å². The summed E-state index contributed by atoms with van der Waals surface area (Å²) in [5.41, 5.74) is 0. The molecular weight excluding hydrogens is 322 g/mol. The van der Waals surface area contributed by atoms with Gasteiger partial charge >= 0.3 is 0 Å². The maximum atomic E-state index is 12.1. The lowest BCUT2D eigenvalue weighted by atomic mass is 10.1. The Kier molecular flexibility index (Phi) is 5.53. The number of likely N-dealkylation sites (tertiary alicyclic amines) is 1. The topological polar surface area (TPSA) is 87.7 Å². The molecule has 7 heteroatoms. The Morgan fingerprint density at radius 3 is 2.56 bits per heavy atom. The molecule has 1 saturated carbocycles. The molecule has 2 fully saturated rings. The summed E-state index contributed by atoms with van der Waals surface area (Å²) in [4.78, 5) is 37.5. The number of nitrogens with zero attached hydrogens (tertiary/aromatic N) is 1. The number of rotatable bonds is 8. The SMILES string of the molecule is O=C(COc1ccccc1)NCCNC(=O)[C@@H]1CC(=O)N(C2CC2)C1. The fourth-order valence-electron chi connectivity index (χ4n) is 2.89. The first-order valence-corrected chi connectivity index (χ1v) is 8.65. The van der Waals surface area contributed by atoms with Gasteiger partial charge in [-0.15, -0.1) is 0 Å². The predicted octanol–water partition coefficient (Wildman–Crippen LogP) is 0.309. The zero-order chi connectivity index (χ0) is 17.6.